The van der Waals surface area contributed by atoms with Crippen LogP contribution in [0, 0.1) is 28.1 Å². The van der Waals surface area contributed by atoms with Gasteiger partial charge in [-0.25, -0.2) is 0 Å². The molecule has 0 unspecified atom stereocenters. The summed E-state index contributed by atoms with van der Waals surface area (Å²) < 4.78 is 41.6. The quantitative estimate of drug-likeness (QED) is 0.222. The lowest BCUT2D eigenvalue weighted by Crippen LogP contribution is -2.52. The van der Waals surface area contributed by atoms with Crippen LogP contribution in [0.4, 0.5) is 24.5 Å². The van der Waals surface area contributed by atoms with Crippen LogP contribution in [-0.4, -0.2) is 28.3 Å². The minimum absolute atomic E-state index is 0.0451. The molecule has 0 saturated heterocycles. The fraction of sp³-hybridized carbons (Fsp3) is 0.345. The molecule has 0 bridgehead atoms. The van der Waals surface area contributed by atoms with E-state index in [0.717, 1.165) is 5.01 Å². The lowest BCUT2D eigenvalue weighted by Gasteiger charge is -2.28. The third-order valence-corrected chi connectivity index (χ3v) is 7.93. The average Bonchev–Trinajstić information content (AvgIpc) is 3.61. The maximum atomic E-state index is 13.9. The van der Waals surface area contributed by atoms with Gasteiger partial charge in [-0.2, -0.15) is 23.7 Å². The topological polar surface area (TPSA) is 112 Å². The van der Waals surface area contributed by atoms with Gasteiger partial charge in [-0.15, -0.1) is 5.53 Å². The lowest BCUT2D eigenvalue weighted by atomic mass is 9.96. The second kappa shape index (κ2) is 10.7. The van der Waals surface area contributed by atoms with Crippen LogP contribution in [0.1, 0.15) is 56.3 Å². The fourth-order valence-electron chi connectivity index (χ4n) is 4.81. The second-order valence-electron chi connectivity index (χ2n) is 11.5. The molecule has 2 aromatic carbocycles. The molecule has 2 aliphatic rings. The number of hydrogen-bond acceptors (Lipinski definition) is 8. The number of aromatic nitrogens is 1. The van der Waals surface area contributed by atoms with Crippen molar-refractivity contribution < 1.29 is 13.2 Å². The van der Waals surface area contributed by atoms with Crippen LogP contribution in [0.5, 0.6) is 0 Å². The first-order valence-corrected chi connectivity index (χ1v) is 13.8. The Kier molecular flexibility index (Phi) is 7.56. The number of benzene rings is 2. The molecule has 1 aliphatic heterocycles. The highest BCUT2D eigenvalue weighted by Crippen LogP contribution is 2.54. The highest BCUT2D eigenvalue weighted by molar-refractivity contribution is 6.36. The van der Waals surface area contributed by atoms with Crippen molar-refractivity contribution in [1.82, 2.24) is 21.0 Å². The summed E-state index contributed by atoms with van der Waals surface area (Å²) in [4.78, 5) is 4.39. The van der Waals surface area contributed by atoms with Gasteiger partial charge in [0.15, 0.2) is 5.54 Å². The zero-order valence-corrected chi connectivity index (χ0v) is 24.4. The standard InChI is InChI=1S/C29H27Cl2F3N8/c1-27(2,3)15-38-24-17(12-36)13-37-25-20(24)9-18(10-21(25)30)39-26(19-6-4-5-16(11-35)23(19)31)22-14-42(41-40-22)28(7-8-28)29(32,33)34/h4-6,9-10,13-14,26,39-41H,7-8,15H2,1-3H3,(H,37,38)/t26-/m0/s1. The Bertz CT molecular complexity index is 1660. The van der Waals surface area contributed by atoms with Gasteiger partial charge in [0, 0.05) is 35.6 Å². The van der Waals surface area contributed by atoms with Gasteiger partial charge >= 0.3 is 6.18 Å². The van der Waals surface area contributed by atoms with Crippen LogP contribution >= 0.6 is 23.2 Å². The summed E-state index contributed by atoms with van der Waals surface area (Å²) in [5.41, 5.74) is 6.28. The van der Waals surface area contributed by atoms with Crippen molar-refractivity contribution in [2.24, 2.45) is 5.41 Å². The molecule has 0 radical (unpaired) electrons. The summed E-state index contributed by atoms with van der Waals surface area (Å²) in [5, 5.41) is 28.1. The summed E-state index contributed by atoms with van der Waals surface area (Å²) in [7, 11) is 0. The molecule has 218 valence electrons. The molecular formula is C29H27Cl2F3N8. The van der Waals surface area contributed by atoms with E-state index in [1.54, 1.807) is 30.3 Å². The first kappa shape index (κ1) is 29.6. The first-order valence-electron chi connectivity index (χ1n) is 13.1. The Morgan fingerprint density at radius 2 is 1.83 bits per heavy atom. The van der Waals surface area contributed by atoms with E-state index in [1.165, 1.54) is 12.4 Å². The number of nitriles is 2. The predicted octanol–water partition coefficient (Wildman–Crippen LogP) is 7.16. The van der Waals surface area contributed by atoms with Crippen molar-refractivity contribution in [3.63, 3.8) is 0 Å². The van der Waals surface area contributed by atoms with Crippen molar-refractivity contribution >= 4 is 45.5 Å². The molecule has 42 heavy (non-hydrogen) atoms. The highest BCUT2D eigenvalue weighted by atomic mass is 35.5. The van der Waals surface area contributed by atoms with Gasteiger partial charge < -0.3 is 16.1 Å². The number of hydrogen-bond donors (Lipinski definition) is 4. The molecule has 1 fully saturated rings. The largest absolute Gasteiger partial charge is 0.413 e. The monoisotopic (exact) mass is 614 g/mol. The smallest absolute Gasteiger partial charge is 0.383 e. The van der Waals surface area contributed by atoms with Crippen LogP contribution < -0.4 is 21.6 Å². The number of hydrazine groups is 2. The predicted molar refractivity (Wildman–Crippen MR) is 156 cm³/mol. The number of rotatable bonds is 7. The highest BCUT2D eigenvalue weighted by Gasteiger charge is 2.67. The number of anilines is 2. The number of nitrogens with one attached hydrogen (secondary N) is 4. The van der Waals surface area contributed by atoms with Gasteiger partial charge in [-0.1, -0.05) is 56.1 Å². The number of nitrogens with zero attached hydrogens (tertiary/aromatic N) is 4. The fourth-order valence-corrected chi connectivity index (χ4v) is 5.35. The molecule has 1 aliphatic carbocycles. The van der Waals surface area contributed by atoms with E-state index in [2.05, 4.69) is 53.4 Å². The van der Waals surface area contributed by atoms with Crippen molar-refractivity contribution in [2.75, 3.05) is 17.2 Å². The number of alkyl halides is 3. The van der Waals surface area contributed by atoms with E-state index in [9.17, 15) is 23.7 Å². The van der Waals surface area contributed by atoms with Crippen LogP contribution in [0.3, 0.4) is 0 Å². The Hall–Kier alpha value is -3.90. The molecule has 0 amide bonds. The summed E-state index contributed by atoms with van der Waals surface area (Å²) in [5.74, 6) is 0. The summed E-state index contributed by atoms with van der Waals surface area (Å²) in [6.07, 6.45) is -1.71. The van der Waals surface area contributed by atoms with Crippen molar-refractivity contribution in [1.29, 1.82) is 10.5 Å². The maximum absolute atomic E-state index is 13.9. The van der Waals surface area contributed by atoms with Gasteiger partial charge in [-0.3, -0.25) is 9.99 Å². The molecule has 13 heteroatoms. The maximum Gasteiger partial charge on any atom is 0.413 e. The number of fused-ring (bicyclic) bond motifs is 1. The van der Waals surface area contributed by atoms with Crippen LogP contribution in [-0.2, 0) is 0 Å². The molecule has 3 aromatic rings. The van der Waals surface area contributed by atoms with E-state index in [1.807, 2.05) is 6.07 Å². The van der Waals surface area contributed by atoms with Crippen molar-refractivity contribution in [3.8, 4) is 12.1 Å². The first-order chi connectivity index (χ1) is 19.8. The molecule has 1 saturated carbocycles. The zero-order valence-electron chi connectivity index (χ0n) is 22.9. The molecule has 2 heterocycles. The summed E-state index contributed by atoms with van der Waals surface area (Å²) in [6, 6.07) is 11.7. The normalized spacial score (nSPS) is 16.7. The SMILES string of the molecule is CC(C)(C)CNc1c(C#N)cnc2c(Cl)cc(N[C@H](C3=CN(C4(C(F)(F)F)CC4)NN3)c3cccc(C#N)c3Cl)cc12. The average molecular weight is 615 g/mol. The van der Waals surface area contributed by atoms with E-state index in [-0.39, 0.29) is 28.8 Å². The summed E-state index contributed by atoms with van der Waals surface area (Å²) >= 11 is 13.3. The molecule has 4 N–H and O–H groups in total. The number of halogens is 5. The van der Waals surface area contributed by atoms with E-state index >= 15 is 0 Å². The van der Waals surface area contributed by atoms with Crippen LogP contribution in [0.2, 0.25) is 10.0 Å². The van der Waals surface area contributed by atoms with Crippen LogP contribution in [0.15, 0.2) is 48.4 Å². The van der Waals surface area contributed by atoms with E-state index in [0.29, 0.717) is 50.7 Å². The van der Waals surface area contributed by atoms with Gasteiger partial charge in [-0.05, 0) is 36.5 Å². The van der Waals surface area contributed by atoms with Gasteiger partial charge in [0.2, 0.25) is 0 Å². The molecule has 8 nitrogen and oxygen atoms in total. The van der Waals surface area contributed by atoms with Gasteiger partial charge in [0.1, 0.15) is 12.1 Å². The Labute approximate surface area is 251 Å². The minimum Gasteiger partial charge on any atom is -0.383 e. The van der Waals surface area contributed by atoms with E-state index in [4.69, 9.17) is 23.2 Å². The van der Waals surface area contributed by atoms with Gasteiger partial charge in [0.25, 0.3) is 0 Å². The molecular weight excluding hydrogens is 588 g/mol. The Balaban J connectivity index is 1.61. The van der Waals surface area contributed by atoms with E-state index < -0.39 is 17.8 Å². The van der Waals surface area contributed by atoms with Crippen molar-refractivity contribution in [3.05, 3.63) is 75.2 Å². The Morgan fingerprint density at radius 3 is 2.45 bits per heavy atom. The Morgan fingerprint density at radius 1 is 1.12 bits per heavy atom. The van der Waals surface area contributed by atoms with Gasteiger partial charge in [0.05, 0.1) is 44.1 Å². The van der Waals surface area contributed by atoms with Crippen LogP contribution in [0.25, 0.3) is 10.9 Å². The zero-order chi connectivity index (χ0) is 30.4. The third kappa shape index (κ3) is 5.48. The minimum atomic E-state index is -4.44. The molecule has 1 aromatic heterocycles. The molecule has 1 atom stereocenters. The third-order valence-electron chi connectivity index (χ3n) is 7.22. The second-order valence-corrected chi connectivity index (χ2v) is 12.3. The summed E-state index contributed by atoms with van der Waals surface area (Å²) in [6.45, 7) is 6.74. The molecule has 0 spiro atoms. The number of pyridine rings is 1. The molecule has 5 rings (SSSR count). The lowest BCUT2D eigenvalue weighted by molar-refractivity contribution is -0.195. The van der Waals surface area contributed by atoms with Crippen molar-refractivity contribution in [2.45, 2.75) is 51.4 Å².